The Hall–Kier alpha value is -3.66. The summed E-state index contributed by atoms with van der Waals surface area (Å²) in [5.41, 5.74) is 2.69. The van der Waals surface area contributed by atoms with Crippen LogP contribution in [-0.2, 0) is 32.6 Å². The van der Waals surface area contributed by atoms with Crippen molar-refractivity contribution in [3.63, 3.8) is 0 Å². The van der Waals surface area contributed by atoms with Crippen molar-refractivity contribution in [1.82, 2.24) is 10.2 Å². The Labute approximate surface area is 260 Å². The van der Waals surface area contributed by atoms with Crippen molar-refractivity contribution < 1.29 is 18.0 Å². The number of carbonyl (C=O) groups is 2. The smallest absolute Gasteiger partial charge is 0.264 e. The van der Waals surface area contributed by atoms with Gasteiger partial charge in [0.25, 0.3) is 10.0 Å². The van der Waals surface area contributed by atoms with E-state index in [2.05, 4.69) is 21.2 Å². The Kier molecular flexibility index (Phi) is 10.4. The van der Waals surface area contributed by atoms with Crippen molar-refractivity contribution >= 4 is 55.1 Å². The zero-order valence-corrected chi connectivity index (χ0v) is 26.4. The normalized spacial score (nSPS) is 11.9. The van der Waals surface area contributed by atoms with E-state index < -0.39 is 28.5 Å². The molecule has 42 heavy (non-hydrogen) atoms. The molecule has 0 aliphatic heterocycles. The zero-order valence-electron chi connectivity index (χ0n) is 23.2. The molecule has 0 saturated carbocycles. The molecule has 0 aliphatic rings. The molecule has 1 N–H and O–H groups in total. The molecule has 218 valence electrons. The first-order valence-corrected chi connectivity index (χ1v) is 15.8. The van der Waals surface area contributed by atoms with E-state index >= 15 is 0 Å². The summed E-state index contributed by atoms with van der Waals surface area (Å²) in [6.07, 6.45) is 0.222. The molecule has 0 aliphatic carbocycles. The predicted octanol–water partition coefficient (Wildman–Crippen LogP) is 5.99. The van der Waals surface area contributed by atoms with Crippen LogP contribution in [0.2, 0.25) is 5.02 Å². The number of nitrogens with one attached hydrogen (secondary N) is 1. The fourth-order valence-electron chi connectivity index (χ4n) is 4.50. The van der Waals surface area contributed by atoms with Gasteiger partial charge in [-0.1, -0.05) is 93.8 Å². The number of carbonyl (C=O) groups excluding carboxylic acids is 2. The third kappa shape index (κ3) is 7.59. The third-order valence-corrected chi connectivity index (χ3v) is 9.50. The van der Waals surface area contributed by atoms with Gasteiger partial charge in [-0.3, -0.25) is 13.9 Å². The van der Waals surface area contributed by atoms with E-state index in [1.807, 2.05) is 37.3 Å². The number of nitrogens with zero attached hydrogens (tertiary/aromatic N) is 2. The van der Waals surface area contributed by atoms with Gasteiger partial charge in [0.15, 0.2) is 0 Å². The third-order valence-electron chi connectivity index (χ3n) is 6.82. The van der Waals surface area contributed by atoms with Crippen molar-refractivity contribution in [3.8, 4) is 0 Å². The maximum absolute atomic E-state index is 14.3. The van der Waals surface area contributed by atoms with E-state index in [4.69, 9.17) is 11.6 Å². The van der Waals surface area contributed by atoms with Crippen molar-refractivity contribution in [2.75, 3.05) is 17.9 Å². The second-order valence-corrected chi connectivity index (χ2v) is 12.9. The van der Waals surface area contributed by atoms with Gasteiger partial charge >= 0.3 is 0 Å². The number of rotatable bonds is 11. The van der Waals surface area contributed by atoms with Gasteiger partial charge in [-0.05, 0) is 60.5 Å². The molecule has 0 aromatic heterocycles. The fourth-order valence-corrected chi connectivity index (χ4v) is 6.38. The minimum atomic E-state index is -4.16. The first-order chi connectivity index (χ1) is 20.1. The summed E-state index contributed by atoms with van der Waals surface area (Å²) in [6.45, 7) is 1.33. The molecule has 0 heterocycles. The van der Waals surface area contributed by atoms with Gasteiger partial charge in [0.05, 0.1) is 10.6 Å². The first-order valence-electron chi connectivity index (χ1n) is 13.2. The standard InChI is InChI=1S/C32H31BrClN3O4S/c1-23-12-18-28(19-13-23)42(40,41)37(27-16-14-26(33)15-17-27)22-31(38)36(21-25-10-6-7-11-29(25)34)30(32(39)35-2)20-24-8-4-3-5-9-24/h3-19,30H,20-22H2,1-2H3,(H,35,39). The fraction of sp³-hybridized carbons (Fsp3) is 0.188. The Morgan fingerprint density at radius 1 is 0.881 bits per heavy atom. The zero-order chi connectivity index (χ0) is 30.3. The average molecular weight is 669 g/mol. The molecule has 1 unspecified atom stereocenters. The number of anilines is 1. The highest BCUT2D eigenvalue weighted by atomic mass is 79.9. The molecule has 0 fully saturated rings. The van der Waals surface area contributed by atoms with Gasteiger partial charge in [0.1, 0.15) is 12.6 Å². The summed E-state index contributed by atoms with van der Waals surface area (Å²) in [7, 11) is -2.65. The van der Waals surface area contributed by atoms with Gasteiger partial charge in [-0.2, -0.15) is 0 Å². The lowest BCUT2D eigenvalue weighted by atomic mass is 10.0. The minimum absolute atomic E-state index is 0.00217. The quantitative estimate of drug-likeness (QED) is 0.213. The summed E-state index contributed by atoms with van der Waals surface area (Å²) in [4.78, 5) is 29.0. The monoisotopic (exact) mass is 667 g/mol. The first kappa shape index (κ1) is 31.3. The average Bonchev–Trinajstić information content (AvgIpc) is 2.99. The van der Waals surface area contributed by atoms with Crippen LogP contribution in [0, 0.1) is 6.92 Å². The summed E-state index contributed by atoms with van der Waals surface area (Å²) in [6, 6.07) is 28.6. The molecule has 1 atom stereocenters. The van der Waals surface area contributed by atoms with Crippen LogP contribution >= 0.6 is 27.5 Å². The molecule has 10 heteroatoms. The van der Waals surface area contributed by atoms with Crippen LogP contribution in [0.4, 0.5) is 5.69 Å². The largest absolute Gasteiger partial charge is 0.357 e. The highest BCUT2D eigenvalue weighted by molar-refractivity contribution is 9.10. The van der Waals surface area contributed by atoms with E-state index in [9.17, 15) is 18.0 Å². The van der Waals surface area contributed by atoms with Crippen LogP contribution in [0.1, 0.15) is 16.7 Å². The van der Waals surface area contributed by atoms with Crippen LogP contribution in [0.25, 0.3) is 0 Å². The number of halogens is 2. The molecule has 0 saturated heterocycles. The number of aryl methyl sites for hydroxylation is 1. The maximum atomic E-state index is 14.3. The number of amides is 2. The summed E-state index contributed by atoms with van der Waals surface area (Å²) < 4.78 is 29.8. The molecule has 0 radical (unpaired) electrons. The van der Waals surface area contributed by atoms with Gasteiger partial charge < -0.3 is 10.2 Å². The van der Waals surface area contributed by atoms with Gasteiger partial charge in [-0.15, -0.1) is 0 Å². The van der Waals surface area contributed by atoms with Crippen LogP contribution < -0.4 is 9.62 Å². The molecule has 0 spiro atoms. The molecule has 0 bridgehead atoms. The van der Waals surface area contributed by atoms with Crippen molar-refractivity contribution in [3.05, 3.63) is 129 Å². The SMILES string of the molecule is CNC(=O)C(Cc1ccccc1)N(Cc1ccccc1Cl)C(=O)CN(c1ccc(Br)cc1)S(=O)(=O)c1ccc(C)cc1. The summed E-state index contributed by atoms with van der Waals surface area (Å²) >= 11 is 9.87. The highest BCUT2D eigenvalue weighted by Crippen LogP contribution is 2.27. The Balaban J connectivity index is 1.79. The van der Waals surface area contributed by atoms with Crippen LogP contribution in [0.5, 0.6) is 0 Å². The Morgan fingerprint density at radius 3 is 2.12 bits per heavy atom. The van der Waals surface area contributed by atoms with Crippen LogP contribution in [-0.4, -0.2) is 44.8 Å². The van der Waals surface area contributed by atoms with Crippen LogP contribution in [0.3, 0.4) is 0 Å². The second-order valence-electron chi connectivity index (χ2n) is 9.73. The molecule has 4 rings (SSSR count). The Bertz CT molecular complexity index is 1630. The number of likely N-dealkylation sites (N-methyl/N-ethyl adjacent to an activating group) is 1. The van der Waals surface area contributed by atoms with E-state index in [0.29, 0.717) is 16.3 Å². The summed E-state index contributed by atoms with van der Waals surface area (Å²) in [5, 5.41) is 3.10. The van der Waals surface area contributed by atoms with Gasteiger partial charge in [-0.25, -0.2) is 8.42 Å². The van der Waals surface area contributed by atoms with E-state index in [1.165, 1.54) is 24.1 Å². The molecule has 4 aromatic carbocycles. The predicted molar refractivity (Wildman–Crippen MR) is 170 cm³/mol. The number of hydrogen-bond acceptors (Lipinski definition) is 4. The lowest BCUT2D eigenvalue weighted by Crippen LogP contribution is -2.53. The van der Waals surface area contributed by atoms with Crippen molar-refractivity contribution in [2.45, 2.75) is 30.8 Å². The van der Waals surface area contributed by atoms with E-state index in [0.717, 1.165) is 19.9 Å². The van der Waals surface area contributed by atoms with E-state index in [1.54, 1.807) is 60.7 Å². The number of benzene rings is 4. The minimum Gasteiger partial charge on any atom is -0.357 e. The highest BCUT2D eigenvalue weighted by Gasteiger charge is 2.34. The van der Waals surface area contributed by atoms with Crippen LogP contribution in [0.15, 0.2) is 112 Å². The van der Waals surface area contributed by atoms with Crippen molar-refractivity contribution in [2.24, 2.45) is 0 Å². The molecule has 2 amide bonds. The molecule has 4 aromatic rings. The topological polar surface area (TPSA) is 86.8 Å². The Morgan fingerprint density at radius 2 is 1.50 bits per heavy atom. The number of hydrogen-bond donors (Lipinski definition) is 1. The lowest BCUT2D eigenvalue weighted by molar-refractivity contribution is -0.139. The molecular weight excluding hydrogens is 638 g/mol. The van der Waals surface area contributed by atoms with E-state index in [-0.39, 0.29) is 23.8 Å². The lowest BCUT2D eigenvalue weighted by Gasteiger charge is -2.33. The molecule has 7 nitrogen and oxygen atoms in total. The molecular formula is C32H31BrClN3O4S. The van der Waals surface area contributed by atoms with Gasteiger partial charge in [0, 0.05) is 29.5 Å². The second kappa shape index (κ2) is 14.0. The van der Waals surface area contributed by atoms with Gasteiger partial charge in [0.2, 0.25) is 11.8 Å². The van der Waals surface area contributed by atoms with Crippen molar-refractivity contribution in [1.29, 1.82) is 0 Å². The maximum Gasteiger partial charge on any atom is 0.264 e. The number of sulfonamides is 1. The summed E-state index contributed by atoms with van der Waals surface area (Å²) in [5.74, 6) is -0.936.